The summed E-state index contributed by atoms with van der Waals surface area (Å²) in [4.78, 5) is 10.2. The number of benzene rings is 2. The Balaban J connectivity index is 2.33. The largest absolute Gasteiger partial charge is 0.456 e. The van der Waals surface area contributed by atoms with Crippen LogP contribution in [0.3, 0.4) is 0 Å². The van der Waals surface area contributed by atoms with Crippen molar-refractivity contribution in [1.82, 2.24) is 0 Å². The second-order valence-electron chi connectivity index (χ2n) is 4.00. The second-order valence-corrected chi connectivity index (χ2v) is 4.00. The first-order chi connectivity index (χ1) is 9.63. The van der Waals surface area contributed by atoms with Crippen LogP contribution in [0, 0.1) is 21.4 Å². The number of non-ortho nitro benzene ring substituents is 1. The number of rotatable bonds is 4. The zero-order valence-electron chi connectivity index (χ0n) is 10.4. The number of nitrogens with zero attached hydrogens (tertiary/aromatic N) is 2. The predicted molar refractivity (Wildman–Crippen MR) is 72.2 cm³/mol. The molecule has 0 aliphatic rings. The normalized spacial score (nSPS) is 9.80. The molecule has 0 fully saturated rings. The van der Waals surface area contributed by atoms with E-state index >= 15 is 0 Å². The molecule has 0 saturated carbocycles. The lowest BCUT2D eigenvalue weighted by Crippen LogP contribution is -1.97. The fourth-order valence-corrected chi connectivity index (χ4v) is 1.67. The first kappa shape index (κ1) is 13.5. The van der Waals surface area contributed by atoms with Crippen LogP contribution in [-0.2, 0) is 6.54 Å². The molecule has 2 aromatic carbocycles. The lowest BCUT2D eigenvalue weighted by atomic mass is 10.1. The maximum atomic E-state index is 10.7. The van der Waals surface area contributed by atoms with Crippen molar-refractivity contribution < 1.29 is 9.66 Å². The van der Waals surface area contributed by atoms with Crippen LogP contribution in [-0.4, -0.2) is 4.92 Å². The molecule has 0 aliphatic carbocycles. The summed E-state index contributed by atoms with van der Waals surface area (Å²) >= 11 is 0. The number of nitriles is 1. The summed E-state index contributed by atoms with van der Waals surface area (Å²) in [5, 5.41) is 19.8. The molecule has 0 radical (unpaired) electrons. The van der Waals surface area contributed by atoms with E-state index in [-0.39, 0.29) is 5.69 Å². The molecule has 2 rings (SSSR count). The zero-order valence-corrected chi connectivity index (χ0v) is 10.4. The second kappa shape index (κ2) is 5.82. The zero-order chi connectivity index (χ0) is 14.5. The maximum absolute atomic E-state index is 10.7. The Hall–Kier alpha value is -2.91. The maximum Gasteiger partial charge on any atom is 0.273 e. The topological polar surface area (TPSA) is 102 Å². The Labute approximate surface area is 115 Å². The van der Waals surface area contributed by atoms with Gasteiger partial charge in [-0.05, 0) is 23.8 Å². The van der Waals surface area contributed by atoms with E-state index in [0.29, 0.717) is 23.6 Å². The van der Waals surface area contributed by atoms with Gasteiger partial charge in [0, 0.05) is 12.6 Å². The van der Waals surface area contributed by atoms with Crippen LogP contribution in [0.15, 0.2) is 42.5 Å². The number of nitrogens with two attached hydrogens (primary N) is 1. The van der Waals surface area contributed by atoms with E-state index in [2.05, 4.69) is 0 Å². The van der Waals surface area contributed by atoms with Crippen LogP contribution in [0.1, 0.15) is 11.1 Å². The lowest BCUT2D eigenvalue weighted by Gasteiger charge is -2.08. The van der Waals surface area contributed by atoms with E-state index in [1.54, 1.807) is 24.3 Å². The van der Waals surface area contributed by atoms with E-state index < -0.39 is 4.92 Å². The van der Waals surface area contributed by atoms with Crippen molar-refractivity contribution >= 4 is 5.69 Å². The molecule has 20 heavy (non-hydrogen) atoms. The number of nitro groups is 1. The van der Waals surface area contributed by atoms with Gasteiger partial charge in [-0.15, -0.1) is 0 Å². The Morgan fingerprint density at radius 2 is 2.10 bits per heavy atom. The summed E-state index contributed by atoms with van der Waals surface area (Å²) in [6.45, 7) is 0.325. The average molecular weight is 269 g/mol. The summed E-state index contributed by atoms with van der Waals surface area (Å²) in [5.74, 6) is 0.640. The van der Waals surface area contributed by atoms with Gasteiger partial charge in [0.05, 0.1) is 16.6 Å². The van der Waals surface area contributed by atoms with Crippen LogP contribution in [0.4, 0.5) is 5.69 Å². The quantitative estimate of drug-likeness (QED) is 0.679. The average Bonchev–Trinajstić information content (AvgIpc) is 2.48. The third kappa shape index (κ3) is 2.91. The molecule has 2 aromatic rings. The SMILES string of the molecule is N#Cc1cc(CN)ccc1Oc1cccc([N+](=O)[O-])c1. The van der Waals surface area contributed by atoms with Crippen molar-refractivity contribution in [1.29, 1.82) is 5.26 Å². The summed E-state index contributed by atoms with van der Waals surface area (Å²) in [6, 6.07) is 12.8. The molecular weight excluding hydrogens is 258 g/mol. The highest BCUT2D eigenvalue weighted by Gasteiger charge is 2.09. The summed E-state index contributed by atoms with van der Waals surface area (Å²) in [5.41, 5.74) is 6.58. The summed E-state index contributed by atoms with van der Waals surface area (Å²) in [6.07, 6.45) is 0. The van der Waals surface area contributed by atoms with E-state index in [0.717, 1.165) is 5.56 Å². The minimum atomic E-state index is -0.504. The molecule has 0 saturated heterocycles. The lowest BCUT2D eigenvalue weighted by molar-refractivity contribution is -0.384. The molecule has 0 heterocycles. The van der Waals surface area contributed by atoms with Crippen LogP contribution in [0.2, 0.25) is 0 Å². The smallest absolute Gasteiger partial charge is 0.273 e. The molecule has 0 unspecified atom stereocenters. The van der Waals surface area contributed by atoms with Crippen molar-refractivity contribution in [3.63, 3.8) is 0 Å². The molecule has 100 valence electrons. The Morgan fingerprint density at radius 3 is 2.75 bits per heavy atom. The van der Waals surface area contributed by atoms with Gasteiger partial charge in [-0.1, -0.05) is 12.1 Å². The van der Waals surface area contributed by atoms with Gasteiger partial charge in [-0.3, -0.25) is 10.1 Å². The molecule has 0 amide bonds. The van der Waals surface area contributed by atoms with Crippen LogP contribution in [0.25, 0.3) is 0 Å². The summed E-state index contributed by atoms with van der Waals surface area (Å²) in [7, 11) is 0. The van der Waals surface area contributed by atoms with Gasteiger partial charge in [0.25, 0.3) is 5.69 Å². The van der Waals surface area contributed by atoms with E-state index in [1.807, 2.05) is 6.07 Å². The number of nitro benzene ring substituents is 1. The predicted octanol–water partition coefficient (Wildman–Crippen LogP) is 2.72. The monoisotopic (exact) mass is 269 g/mol. The molecule has 2 N–H and O–H groups in total. The van der Waals surface area contributed by atoms with Crippen LogP contribution < -0.4 is 10.5 Å². The first-order valence-electron chi connectivity index (χ1n) is 5.79. The highest BCUT2D eigenvalue weighted by Crippen LogP contribution is 2.28. The minimum absolute atomic E-state index is 0.0698. The number of ether oxygens (including phenoxy) is 1. The van der Waals surface area contributed by atoms with Gasteiger partial charge >= 0.3 is 0 Å². The number of hydrogen-bond donors (Lipinski definition) is 1. The van der Waals surface area contributed by atoms with Crippen molar-refractivity contribution in [2.45, 2.75) is 6.54 Å². The molecule has 0 aromatic heterocycles. The third-order valence-electron chi connectivity index (χ3n) is 2.66. The molecular formula is C14H11N3O3. The molecule has 6 nitrogen and oxygen atoms in total. The molecule has 0 atom stereocenters. The highest BCUT2D eigenvalue weighted by atomic mass is 16.6. The van der Waals surface area contributed by atoms with E-state index in [9.17, 15) is 10.1 Å². The van der Waals surface area contributed by atoms with Gasteiger partial charge in [-0.25, -0.2) is 0 Å². The van der Waals surface area contributed by atoms with Crippen molar-refractivity contribution in [2.75, 3.05) is 0 Å². The fourth-order valence-electron chi connectivity index (χ4n) is 1.67. The van der Waals surface area contributed by atoms with Crippen LogP contribution in [0.5, 0.6) is 11.5 Å². The molecule has 0 aliphatic heterocycles. The standard InChI is InChI=1S/C14H11N3O3/c15-8-10-4-5-14(11(6-10)9-16)20-13-3-1-2-12(7-13)17(18)19/h1-7H,8,15H2. The van der Waals surface area contributed by atoms with E-state index in [4.69, 9.17) is 15.7 Å². The number of hydrogen-bond acceptors (Lipinski definition) is 5. The third-order valence-corrected chi connectivity index (χ3v) is 2.66. The first-order valence-corrected chi connectivity index (χ1v) is 5.79. The van der Waals surface area contributed by atoms with Gasteiger partial charge in [-0.2, -0.15) is 5.26 Å². The van der Waals surface area contributed by atoms with Gasteiger partial charge in [0.2, 0.25) is 0 Å². The Kier molecular flexibility index (Phi) is 3.93. The molecule has 0 bridgehead atoms. The van der Waals surface area contributed by atoms with Gasteiger partial charge < -0.3 is 10.5 Å². The van der Waals surface area contributed by atoms with Gasteiger partial charge in [0.15, 0.2) is 0 Å². The molecule has 6 heteroatoms. The van der Waals surface area contributed by atoms with Crippen molar-refractivity contribution in [3.8, 4) is 17.6 Å². The Bertz CT molecular complexity index is 692. The fraction of sp³-hybridized carbons (Fsp3) is 0.0714. The van der Waals surface area contributed by atoms with Gasteiger partial charge in [0.1, 0.15) is 17.6 Å². The van der Waals surface area contributed by atoms with Crippen LogP contribution >= 0.6 is 0 Å². The highest BCUT2D eigenvalue weighted by molar-refractivity contribution is 5.48. The van der Waals surface area contributed by atoms with Crippen molar-refractivity contribution in [2.24, 2.45) is 5.73 Å². The van der Waals surface area contributed by atoms with Crippen molar-refractivity contribution in [3.05, 3.63) is 63.7 Å². The van der Waals surface area contributed by atoms with E-state index in [1.165, 1.54) is 18.2 Å². The molecule has 0 spiro atoms. The Morgan fingerprint density at radius 1 is 1.30 bits per heavy atom. The summed E-state index contributed by atoms with van der Waals surface area (Å²) < 4.78 is 5.52. The minimum Gasteiger partial charge on any atom is -0.456 e.